The molecule has 1 rings (SSSR count). The summed E-state index contributed by atoms with van der Waals surface area (Å²) in [6.07, 6.45) is -5.31. The van der Waals surface area contributed by atoms with Crippen LogP contribution in [0.1, 0.15) is 5.56 Å². The van der Waals surface area contributed by atoms with Crippen LogP contribution in [-0.4, -0.2) is 27.1 Å². The van der Waals surface area contributed by atoms with Gasteiger partial charge in [-0.2, -0.15) is 30.7 Å². The molecule has 0 saturated heterocycles. The van der Waals surface area contributed by atoms with E-state index in [1.54, 1.807) is 0 Å². The lowest BCUT2D eigenvalue weighted by molar-refractivity contribution is -0.392. The number of halogens is 8. The number of rotatable bonds is 5. The zero-order chi connectivity index (χ0) is 20.7. The van der Waals surface area contributed by atoms with E-state index < -0.39 is 55.9 Å². The predicted molar refractivity (Wildman–Crippen MR) is 69.1 cm³/mol. The van der Waals surface area contributed by atoms with Crippen LogP contribution in [0.25, 0.3) is 0 Å². The largest absolute Gasteiger partial charge is 0.416 e. The van der Waals surface area contributed by atoms with E-state index in [-0.39, 0.29) is 12.1 Å². The minimum Gasteiger partial charge on any atom is -0.309 e. The van der Waals surface area contributed by atoms with Crippen molar-refractivity contribution in [3.8, 4) is 0 Å². The summed E-state index contributed by atoms with van der Waals surface area (Å²) in [6, 6.07) is -0.612. The highest BCUT2D eigenvalue weighted by atomic mass is 35.5. The average molecular weight is 414 g/mol. The third-order valence-corrected chi connectivity index (χ3v) is 2.93. The van der Waals surface area contributed by atoms with E-state index in [0.29, 0.717) is 0 Å². The number of nitrogens with zero attached hydrogens (tertiary/aromatic N) is 2. The van der Waals surface area contributed by atoms with Gasteiger partial charge in [-0.1, -0.05) is 0 Å². The minimum atomic E-state index is -5.70. The smallest absolute Gasteiger partial charge is 0.309 e. The van der Waals surface area contributed by atoms with Gasteiger partial charge in [0.25, 0.3) is 0 Å². The second-order valence-corrected chi connectivity index (χ2v) is 4.90. The van der Waals surface area contributed by atoms with Gasteiger partial charge in [0, 0.05) is 12.1 Å². The number of benzene rings is 1. The van der Waals surface area contributed by atoms with E-state index >= 15 is 0 Å². The zero-order valence-electron chi connectivity index (χ0n) is 11.6. The van der Waals surface area contributed by atoms with Gasteiger partial charge < -0.3 is 5.32 Å². The third-order valence-electron chi connectivity index (χ3n) is 2.70. The van der Waals surface area contributed by atoms with E-state index in [4.69, 9.17) is 0 Å². The van der Waals surface area contributed by atoms with E-state index in [9.17, 15) is 55.8 Å². The first-order valence-corrected chi connectivity index (χ1v) is 6.18. The van der Waals surface area contributed by atoms with Gasteiger partial charge in [0.05, 0.1) is 15.4 Å². The molecule has 0 bridgehead atoms. The second kappa shape index (κ2) is 6.54. The molecule has 0 unspecified atom stereocenters. The molecule has 1 amide bonds. The van der Waals surface area contributed by atoms with Crippen molar-refractivity contribution in [1.82, 2.24) is 0 Å². The van der Waals surface area contributed by atoms with Crippen molar-refractivity contribution in [2.45, 2.75) is 17.5 Å². The number of hydrogen-bond donors (Lipinski definition) is 1. The Kier molecular flexibility index (Phi) is 5.37. The summed E-state index contributed by atoms with van der Waals surface area (Å²) in [7, 11) is 0. The summed E-state index contributed by atoms with van der Waals surface area (Å²) < 4.78 is 89.3. The number of alkyl halides is 8. The summed E-state index contributed by atoms with van der Waals surface area (Å²) in [5.41, 5.74) is -7.32. The molecule has 0 aromatic heterocycles. The number of carbonyl (C=O) groups excluding carboxylic acids is 1. The Balaban J connectivity index is 3.63. The molecular weight excluding hydrogens is 411 g/mol. The summed E-state index contributed by atoms with van der Waals surface area (Å²) >= 11 is 4.01. The summed E-state index contributed by atoms with van der Waals surface area (Å²) in [5.74, 6) is -8.71. The summed E-state index contributed by atoms with van der Waals surface area (Å²) in [4.78, 5) is 29.5. The van der Waals surface area contributed by atoms with Crippen molar-refractivity contribution in [3.05, 3.63) is 37.9 Å². The van der Waals surface area contributed by atoms with E-state index in [0.717, 1.165) is 5.32 Å². The van der Waals surface area contributed by atoms with E-state index in [2.05, 4.69) is 11.6 Å². The minimum absolute atomic E-state index is 0.306. The summed E-state index contributed by atoms with van der Waals surface area (Å²) in [5, 5.41) is 16.9. The highest BCUT2D eigenvalue weighted by Gasteiger charge is 2.61. The van der Waals surface area contributed by atoms with Crippen molar-refractivity contribution in [2.75, 3.05) is 5.32 Å². The summed E-state index contributed by atoms with van der Waals surface area (Å²) in [6.45, 7) is 0. The maximum atomic E-state index is 13.1. The molecule has 0 spiro atoms. The number of nitrogens with one attached hydrogen (secondary N) is 1. The fourth-order valence-electron chi connectivity index (χ4n) is 1.51. The molecule has 0 atom stereocenters. The third kappa shape index (κ3) is 4.09. The monoisotopic (exact) mass is 413 g/mol. The molecule has 0 fully saturated rings. The van der Waals surface area contributed by atoms with Crippen molar-refractivity contribution < 1.29 is 45.4 Å². The molecule has 1 N–H and O–H groups in total. The van der Waals surface area contributed by atoms with Gasteiger partial charge in [-0.15, -0.1) is 0 Å². The lowest BCUT2D eigenvalue weighted by Gasteiger charge is -2.20. The molecule has 1 aromatic carbocycles. The standard InChI is InChI=1S/C10H3ClF7N3O5/c11-10(17,18)8(12,13)7(22)19-6-4(20(23)24)1-3(9(14,15)16)2-5(6)21(25)26/h1-2H,(H,19,22). The topological polar surface area (TPSA) is 115 Å². The van der Waals surface area contributed by atoms with Crippen LogP contribution in [0.3, 0.4) is 0 Å². The van der Waals surface area contributed by atoms with Crippen molar-refractivity contribution >= 4 is 34.6 Å². The van der Waals surface area contributed by atoms with Gasteiger partial charge in [-0.05, 0) is 11.6 Å². The number of nitro benzene ring substituents is 2. The number of nitro groups is 2. The van der Waals surface area contributed by atoms with Crippen LogP contribution in [-0.2, 0) is 11.0 Å². The maximum absolute atomic E-state index is 13.1. The zero-order valence-corrected chi connectivity index (χ0v) is 12.4. The lowest BCUT2D eigenvalue weighted by atomic mass is 10.1. The highest BCUT2D eigenvalue weighted by molar-refractivity contribution is 6.25. The van der Waals surface area contributed by atoms with Crippen molar-refractivity contribution in [2.24, 2.45) is 0 Å². The van der Waals surface area contributed by atoms with Crippen LogP contribution in [0.4, 0.5) is 47.8 Å². The van der Waals surface area contributed by atoms with E-state index in [1.807, 2.05) is 0 Å². The molecule has 0 aliphatic heterocycles. The molecule has 0 aliphatic carbocycles. The number of carbonyl (C=O) groups is 1. The van der Waals surface area contributed by atoms with Crippen LogP contribution in [0.15, 0.2) is 12.1 Å². The van der Waals surface area contributed by atoms with Crippen LogP contribution in [0, 0.1) is 20.2 Å². The van der Waals surface area contributed by atoms with Gasteiger partial charge in [-0.25, -0.2) is 0 Å². The predicted octanol–water partition coefficient (Wildman–Crippen LogP) is 3.93. The van der Waals surface area contributed by atoms with Crippen LogP contribution in [0.2, 0.25) is 0 Å². The number of hydrogen-bond acceptors (Lipinski definition) is 5. The Bertz CT molecular complexity index is 742. The van der Waals surface area contributed by atoms with Gasteiger partial charge in [0.15, 0.2) is 5.69 Å². The molecule has 144 valence electrons. The lowest BCUT2D eigenvalue weighted by Crippen LogP contribution is -2.46. The molecule has 16 heteroatoms. The van der Waals surface area contributed by atoms with Crippen LogP contribution >= 0.6 is 11.6 Å². The first-order chi connectivity index (χ1) is 11.5. The van der Waals surface area contributed by atoms with Gasteiger partial charge in [0.2, 0.25) is 0 Å². The number of anilines is 1. The quantitative estimate of drug-likeness (QED) is 0.340. The fourth-order valence-corrected chi connectivity index (χ4v) is 1.60. The highest BCUT2D eigenvalue weighted by Crippen LogP contribution is 2.43. The molecule has 0 heterocycles. The van der Waals surface area contributed by atoms with Gasteiger partial charge in [0.1, 0.15) is 0 Å². The first-order valence-electron chi connectivity index (χ1n) is 5.80. The first kappa shape index (κ1) is 21.3. The molecule has 26 heavy (non-hydrogen) atoms. The Morgan fingerprint density at radius 3 is 1.62 bits per heavy atom. The molecule has 0 radical (unpaired) electrons. The molecule has 8 nitrogen and oxygen atoms in total. The molecular formula is C10H3ClF7N3O5. The van der Waals surface area contributed by atoms with Gasteiger partial charge >= 0.3 is 34.8 Å². The molecule has 0 saturated carbocycles. The van der Waals surface area contributed by atoms with Crippen molar-refractivity contribution in [3.63, 3.8) is 0 Å². The Morgan fingerprint density at radius 2 is 1.35 bits per heavy atom. The second-order valence-electron chi connectivity index (χ2n) is 4.43. The Morgan fingerprint density at radius 1 is 0.962 bits per heavy atom. The normalized spacial score (nSPS) is 12.6. The number of amides is 1. The SMILES string of the molecule is O=C(Nc1c([N+](=O)[O-])cc(C(F)(F)F)cc1[N+](=O)[O-])C(F)(F)C(F)(F)Cl. The van der Waals surface area contributed by atoms with Gasteiger partial charge in [-0.3, -0.25) is 25.0 Å². The average Bonchev–Trinajstić information content (AvgIpc) is 2.44. The molecule has 1 aromatic rings. The van der Waals surface area contributed by atoms with Crippen LogP contribution in [0.5, 0.6) is 0 Å². The van der Waals surface area contributed by atoms with Crippen molar-refractivity contribution in [1.29, 1.82) is 0 Å². The van der Waals surface area contributed by atoms with Crippen LogP contribution < -0.4 is 5.32 Å². The maximum Gasteiger partial charge on any atom is 0.416 e. The molecule has 0 aliphatic rings. The fraction of sp³-hybridized carbons (Fsp3) is 0.300. The Labute approximate surface area is 141 Å². The Hall–Kier alpha value is -2.71. The van der Waals surface area contributed by atoms with E-state index in [1.165, 1.54) is 0 Å².